The smallest absolute Gasteiger partial charge is 0.326 e. The Morgan fingerprint density at radius 3 is 2.68 bits per heavy atom. The van der Waals surface area contributed by atoms with Crippen molar-refractivity contribution in [3.05, 3.63) is 75.1 Å². The van der Waals surface area contributed by atoms with Crippen LogP contribution >= 0.6 is 27.5 Å². The molecule has 2 aromatic rings. The van der Waals surface area contributed by atoms with Crippen molar-refractivity contribution in [2.24, 2.45) is 0 Å². The van der Waals surface area contributed by atoms with Gasteiger partial charge in [0.2, 0.25) is 0 Å². The Morgan fingerprint density at radius 1 is 1.36 bits per heavy atom. The Kier molecular flexibility index (Phi) is 6.17. The molecule has 0 saturated heterocycles. The monoisotopic (exact) mass is 466 g/mol. The van der Waals surface area contributed by atoms with Gasteiger partial charge in [0, 0.05) is 27.7 Å². The zero-order chi connectivity index (χ0) is 20.4. The summed E-state index contributed by atoms with van der Waals surface area (Å²) in [4.78, 5) is 26.2. The molecule has 0 aromatic heterocycles. The molecule has 1 aliphatic heterocycles. The molecule has 2 amide bonds. The van der Waals surface area contributed by atoms with Crippen LogP contribution in [-0.2, 0) is 4.79 Å². The molecule has 1 aliphatic rings. The summed E-state index contributed by atoms with van der Waals surface area (Å²) in [5.74, 6) is -0.518. The normalized spacial score (nSPS) is 17.5. The Morgan fingerprint density at radius 2 is 2.04 bits per heavy atom. The molecule has 8 heteroatoms. The molecule has 0 fully saturated rings. The van der Waals surface area contributed by atoms with Gasteiger partial charge in [0.15, 0.2) is 5.78 Å². The van der Waals surface area contributed by atoms with Gasteiger partial charge in [-0.1, -0.05) is 23.7 Å². The highest BCUT2D eigenvalue weighted by molar-refractivity contribution is 9.10. The molecule has 3 rings (SSSR count). The van der Waals surface area contributed by atoms with E-state index in [1.54, 1.807) is 31.2 Å². The number of anilines is 1. The minimum absolute atomic E-state index is 0.0935. The lowest BCUT2D eigenvalue weighted by Gasteiger charge is -2.31. The molecule has 5 nitrogen and oxygen atoms in total. The predicted molar refractivity (Wildman–Crippen MR) is 109 cm³/mol. The van der Waals surface area contributed by atoms with E-state index in [1.165, 1.54) is 29.3 Å². The topological polar surface area (TPSA) is 69.6 Å². The number of nitrogens with zero attached hydrogens (tertiary/aromatic N) is 1. The summed E-state index contributed by atoms with van der Waals surface area (Å²) >= 11 is 9.47. The number of benzene rings is 2. The van der Waals surface area contributed by atoms with E-state index in [4.69, 9.17) is 11.6 Å². The number of rotatable bonds is 3. The fraction of sp³-hybridized carbons (Fsp3) is 0.200. The average molecular weight is 468 g/mol. The third-order valence-electron chi connectivity index (χ3n) is 4.42. The summed E-state index contributed by atoms with van der Waals surface area (Å²) in [5, 5.41) is 13.0. The molecule has 146 valence electrons. The van der Waals surface area contributed by atoms with Crippen LogP contribution < -0.4 is 5.32 Å². The summed E-state index contributed by atoms with van der Waals surface area (Å²) in [6, 6.07) is 7.83. The fourth-order valence-corrected chi connectivity index (χ4v) is 3.85. The molecular weight excluding hydrogens is 451 g/mol. The van der Waals surface area contributed by atoms with E-state index >= 15 is 0 Å². The number of hydrogen-bond acceptors (Lipinski definition) is 3. The first-order chi connectivity index (χ1) is 13.3. The third-order valence-corrected chi connectivity index (χ3v) is 5.40. The first-order valence-electron chi connectivity index (χ1n) is 8.49. The minimum atomic E-state index is -0.810. The maximum atomic E-state index is 13.2. The average Bonchev–Trinajstić information content (AvgIpc) is 2.64. The maximum absolute atomic E-state index is 13.2. The second kappa shape index (κ2) is 8.43. The van der Waals surface area contributed by atoms with Crippen LogP contribution in [0.4, 0.5) is 14.9 Å². The first-order valence-corrected chi connectivity index (χ1v) is 9.66. The Bertz CT molecular complexity index is 947. The van der Waals surface area contributed by atoms with Crippen LogP contribution in [0.25, 0.3) is 0 Å². The van der Waals surface area contributed by atoms with E-state index in [1.807, 2.05) is 0 Å². The second-order valence-electron chi connectivity index (χ2n) is 6.42. The number of nitrogens with one attached hydrogen (secondary N) is 1. The largest absolute Gasteiger partial charge is 0.389 e. The lowest BCUT2D eigenvalue weighted by Crippen LogP contribution is -2.37. The molecule has 28 heavy (non-hydrogen) atoms. The van der Waals surface area contributed by atoms with Gasteiger partial charge in [-0.15, -0.1) is 0 Å². The molecule has 2 atom stereocenters. The number of amides is 2. The van der Waals surface area contributed by atoms with Gasteiger partial charge in [-0.25, -0.2) is 9.18 Å². The van der Waals surface area contributed by atoms with Crippen LogP contribution in [0.1, 0.15) is 36.6 Å². The van der Waals surface area contributed by atoms with Crippen molar-refractivity contribution in [1.29, 1.82) is 0 Å². The van der Waals surface area contributed by atoms with Gasteiger partial charge in [-0.2, -0.15) is 0 Å². The van der Waals surface area contributed by atoms with Gasteiger partial charge in [-0.3, -0.25) is 9.69 Å². The predicted octanol–water partition coefficient (Wildman–Crippen LogP) is 5.36. The molecule has 0 bridgehead atoms. The van der Waals surface area contributed by atoms with Gasteiger partial charge in [0.25, 0.3) is 0 Å². The Balaban J connectivity index is 1.89. The second-order valence-corrected chi connectivity index (χ2v) is 7.68. The lowest BCUT2D eigenvalue weighted by molar-refractivity contribution is -0.116. The summed E-state index contributed by atoms with van der Waals surface area (Å²) in [6.07, 6.45) is 2.03. The molecule has 2 aromatic carbocycles. The zero-order valence-electron chi connectivity index (χ0n) is 14.8. The van der Waals surface area contributed by atoms with Crippen molar-refractivity contribution in [3.8, 4) is 0 Å². The van der Waals surface area contributed by atoms with E-state index in [0.29, 0.717) is 26.3 Å². The standard InChI is InChI=1S/C20H17BrClFN2O3/c1-11(26)15-9-18(16(21)10-17(15)22)24-20(28)25-7-6-14(27)8-19(25)12-2-4-13(23)5-3-12/h2-7,9-11,19,26H,8H2,1H3,(H,24,28)/t11-,19-/m0/s1. The zero-order valence-corrected chi connectivity index (χ0v) is 17.2. The number of hydrogen-bond donors (Lipinski definition) is 2. The van der Waals surface area contributed by atoms with Crippen molar-refractivity contribution in [2.45, 2.75) is 25.5 Å². The summed E-state index contributed by atoms with van der Waals surface area (Å²) in [6.45, 7) is 1.57. The number of aliphatic hydroxyl groups excluding tert-OH is 1. The molecular formula is C20H17BrClFN2O3. The molecule has 0 spiro atoms. The number of carbonyl (C=O) groups excluding carboxylic acids is 2. The quantitative estimate of drug-likeness (QED) is 0.639. The van der Waals surface area contributed by atoms with Gasteiger partial charge in [-0.05, 0) is 58.8 Å². The van der Waals surface area contributed by atoms with E-state index in [0.717, 1.165) is 0 Å². The van der Waals surface area contributed by atoms with Gasteiger partial charge >= 0.3 is 6.03 Å². The van der Waals surface area contributed by atoms with Crippen LogP contribution in [0.5, 0.6) is 0 Å². The highest BCUT2D eigenvalue weighted by Gasteiger charge is 2.29. The van der Waals surface area contributed by atoms with Crippen molar-refractivity contribution < 1.29 is 19.1 Å². The molecule has 1 heterocycles. The summed E-state index contributed by atoms with van der Waals surface area (Å²) < 4.78 is 13.8. The van der Waals surface area contributed by atoms with E-state index in [9.17, 15) is 19.1 Å². The number of carbonyl (C=O) groups is 2. The number of urea groups is 1. The Hall–Kier alpha value is -2.22. The summed E-state index contributed by atoms with van der Waals surface area (Å²) in [7, 11) is 0. The highest BCUT2D eigenvalue weighted by atomic mass is 79.9. The van der Waals surface area contributed by atoms with Crippen molar-refractivity contribution >= 4 is 45.0 Å². The lowest BCUT2D eigenvalue weighted by atomic mass is 9.97. The highest BCUT2D eigenvalue weighted by Crippen LogP contribution is 2.34. The van der Waals surface area contributed by atoms with Crippen LogP contribution in [-0.4, -0.2) is 21.8 Å². The van der Waals surface area contributed by atoms with E-state index < -0.39 is 24.0 Å². The number of allylic oxidation sites excluding steroid dienone is 1. The van der Waals surface area contributed by atoms with E-state index in [-0.39, 0.29) is 12.2 Å². The van der Waals surface area contributed by atoms with E-state index in [2.05, 4.69) is 21.2 Å². The number of ketones is 1. The SMILES string of the molecule is C[C@H](O)c1cc(NC(=O)N2C=CC(=O)C[C@H]2c2ccc(F)cc2)c(Br)cc1Cl. The maximum Gasteiger partial charge on any atom is 0.326 e. The molecule has 0 aliphatic carbocycles. The third kappa shape index (κ3) is 4.43. The molecule has 0 saturated carbocycles. The fourth-order valence-electron chi connectivity index (χ4n) is 2.96. The molecule has 2 N–H and O–H groups in total. The minimum Gasteiger partial charge on any atom is -0.389 e. The van der Waals surface area contributed by atoms with Crippen molar-refractivity contribution in [2.75, 3.05) is 5.32 Å². The number of halogens is 3. The van der Waals surface area contributed by atoms with Gasteiger partial charge < -0.3 is 10.4 Å². The number of aliphatic hydroxyl groups is 1. The van der Waals surface area contributed by atoms with Gasteiger partial charge in [0.05, 0.1) is 17.8 Å². The van der Waals surface area contributed by atoms with Gasteiger partial charge in [0.1, 0.15) is 5.82 Å². The first kappa shape index (κ1) is 20.5. The van der Waals surface area contributed by atoms with Crippen molar-refractivity contribution in [1.82, 2.24) is 4.90 Å². The van der Waals surface area contributed by atoms with Crippen LogP contribution in [0.3, 0.4) is 0 Å². The van der Waals surface area contributed by atoms with Crippen LogP contribution in [0.15, 0.2) is 53.1 Å². The van der Waals surface area contributed by atoms with Crippen molar-refractivity contribution in [3.63, 3.8) is 0 Å². The summed E-state index contributed by atoms with van der Waals surface area (Å²) in [5.41, 5.74) is 1.54. The molecule has 0 unspecified atom stereocenters. The molecule has 0 radical (unpaired) electrons. The Labute approximate surface area is 174 Å². The van der Waals surface area contributed by atoms with Crippen LogP contribution in [0.2, 0.25) is 5.02 Å². The van der Waals surface area contributed by atoms with Crippen LogP contribution in [0, 0.1) is 5.82 Å².